The van der Waals surface area contributed by atoms with Gasteiger partial charge in [-0.1, -0.05) is 0 Å². The van der Waals surface area contributed by atoms with Gasteiger partial charge in [0.2, 0.25) is 0 Å². The van der Waals surface area contributed by atoms with Crippen LogP contribution in [0.3, 0.4) is 0 Å². The fourth-order valence-electron chi connectivity index (χ4n) is 1.22. The van der Waals surface area contributed by atoms with Crippen LogP contribution in [0, 0.1) is 5.92 Å². The quantitative estimate of drug-likeness (QED) is 0.563. The average Bonchev–Trinajstić information content (AvgIpc) is 1.90. The first-order valence-electron chi connectivity index (χ1n) is 3.57. The van der Waals surface area contributed by atoms with E-state index in [1.807, 2.05) is 0 Å². The first-order chi connectivity index (χ1) is 4.33. The lowest BCUT2D eigenvalue weighted by Crippen LogP contribution is -2.30. The molecule has 0 N–H and O–H groups in total. The Kier molecular flexibility index (Phi) is 5.51. The van der Waals surface area contributed by atoms with Crippen LogP contribution in [0.25, 0.3) is 0 Å². The van der Waals surface area contributed by atoms with Crippen molar-refractivity contribution >= 4 is 24.0 Å². The minimum absolute atomic E-state index is 0. The third-order valence-corrected chi connectivity index (χ3v) is 2.49. The van der Waals surface area contributed by atoms with Crippen molar-refractivity contribution in [1.29, 1.82) is 0 Å². The van der Waals surface area contributed by atoms with E-state index in [2.05, 4.69) is 11.9 Å². The highest BCUT2D eigenvalue weighted by molar-refractivity contribution is 6.18. The standard InChI is InChI=1S/C7H14ClN.ClH/c1-9-4-2-7(6-8)3-5-9;/h7H,2-6H2,1H3;1H. The monoisotopic (exact) mass is 183 g/mol. The number of likely N-dealkylation sites (tertiary alicyclic amines) is 1. The van der Waals surface area contributed by atoms with Gasteiger partial charge in [0.1, 0.15) is 0 Å². The average molecular weight is 184 g/mol. The van der Waals surface area contributed by atoms with Gasteiger partial charge in [-0.2, -0.15) is 0 Å². The third-order valence-electron chi connectivity index (χ3n) is 2.06. The number of nitrogens with zero attached hydrogens (tertiary/aromatic N) is 1. The molecule has 0 spiro atoms. The summed E-state index contributed by atoms with van der Waals surface area (Å²) in [6.45, 7) is 2.47. The molecule has 0 radical (unpaired) electrons. The summed E-state index contributed by atoms with van der Waals surface area (Å²) >= 11 is 5.71. The van der Waals surface area contributed by atoms with Crippen LogP contribution in [0.1, 0.15) is 12.8 Å². The van der Waals surface area contributed by atoms with E-state index >= 15 is 0 Å². The molecule has 62 valence electrons. The molecule has 10 heavy (non-hydrogen) atoms. The van der Waals surface area contributed by atoms with Crippen LogP contribution >= 0.6 is 24.0 Å². The highest BCUT2D eigenvalue weighted by Crippen LogP contribution is 2.16. The maximum Gasteiger partial charge on any atom is 0.0252 e. The molecule has 1 rings (SSSR count). The molecule has 0 saturated carbocycles. The number of hydrogen-bond acceptors (Lipinski definition) is 1. The molecule has 0 amide bonds. The van der Waals surface area contributed by atoms with Gasteiger partial charge >= 0.3 is 0 Å². The number of rotatable bonds is 1. The van der Waals surface area contributed by atoms with E-state index in [-0.39, 0.29) is 12.4 Å². The smallest absolute Gasteiger partial charge is 0.0252 e. The first-order valence-corrected chi connectivity index (χ1v) is 4.11. The Morgan fingerprint density at radius 1 is 1.40 bits per heavy atom. The predicted molar refractivity (Wildman–Crippen MR) is 48.2 cm³/mol. The van der Waals surface area contributed by atoms with Gasteiger partial charge in [-0.3, -0.25) is 0 Å². The zero-order valence-corrected chi connectivity index (χ0v) is 7.92. The lowest BCUT2D eigenvalue weighted by atomic mass is 10.00. The third kappa shape index (κ3) is 3.09. The SMILES string of the molecule is CN1CCC(CCl)CC1.Cl. The number of piperidine rings is 1. The largest absolute Gasteiger partial charge is 0.306 e. The van der Waals surface area contributed by atoms with E-state index in [0.717, 1.165) is 11.8 Å². The van der Waals surface area contributed by atoms with Gasteiger partial charge in [-0.15, -0.1) is 24.0 Å². The Morgan fingerprint density at radius 2 is 1.90 bits per heavy atom. The summed E-state index contributed by atoms with van der Waals surface area (Å²) in [5, 5.41) is 0. The van der Waals surface area contributed by atoms with Crippen molar-refractivity contribution in [1.82, 2.24) is 4.90 Å². The van der Waals surface area contributed by atoms with Crippen LogP contribution in [0.2, 0.25) is 0 Å². The van der Waals surface area contributed by atoms with Crippen molar-refractivity contribution in [3.63, 3.8) is 0 Å². The molecule has 1 saturated heterocycles. The molecule has 0 aromatic carbocycles. The van der Waals surface area contributed by atoms with Gasteiger partial charge in [-0.25, -0.2) is 0 Å². The zero-order chi connectivity index (χ0) is 6.69. The molecule has 1 fully saturated rings. The van der Waals surface area contributed by atoms with Crippen LogP contribution < -0.4 is 0 Å². The molecule has 1 nitrogen and oxygen atoms in total. The van der Waals surface area contributed by atoms with Crippen molar-refractivity contribution in [2.24, 2.45) is 5.92 Å². The highest BCUT2D eigenvalue weighted by atomic mass is 35.5. The molecule has 0 aromatic rings. The molecule has 0 aromatic heterocycles. The highest BCUT2D eigenvalue weighted by Gasteiger charge is 2.14. The minimum atomic E-state index is 0. The second-order valence-electron chi connectivity index (χ2n) is 2.90. The van der Waals surface area contributed by atoms with Gasteiger partial charge in [0.15, 0.2) is 0 Å². The number of alkyl halides is 1. The zero-order valence-electron chi connectivity index (χ0n) is 6.35. The van der Waals surface area contributed by atoms with E-state index in [0.29, 0.717) is 0 Å². The van der Waals surface area contributed by atoms with Crippen molar-refractivity contribution in [3.05, 3.63) is 0 Å². The van der Waals surface area contributed by atoms with Crippen LogP contribution in [-0.4, -0.2) is 30.9 Å². The molecule has 0 unspecified atom stereocenters. The second-order valence-corrected chi connectivity index (χ2v) is 3.21. The van der Waals surface area contributed by atoms with Crippen LogP contribution in [0.5, 0.6) is 0 Å². The van der Waals surface area contributed by atoms with E-state index in [1.165, 1.54) is 25.9 Å². The van der Waals surface area contributed by atoms with Crippen LogP contribution in [0.4, 0.5) is 0 Å². The summed E-state index contributed by atoms with van der Waals surface area (Å²) in [4.78, 5) is 2.36. The molecule has 0 aliphatic carbocycles. The van der Waals surface area contributed by atoms with Gasteiger partial charge in [-0.05, 0) is 38.9 Å². The predicted octanol–water partition coefficient (Wildman–Crippen LogP) is 1.99. The van der Waals surface area contributed by atoms with Gasteiger partial charge in [0.05, 0.1) is 0 Å². The lowest BCUT2D eigenvalue weighted by molar-refractivity contribution is 0.232. The summed E-state index contributed by atoms with van der Waals surface area (Å²) in [5.41, 5.74) is 0. The second kappa shape index (κ2) is 5.22. The normalized spacial score (nSPS) is 22.2. The summed E-state index contributed by atoms with van der Waals surface area (Å²) in [5.74, 6) is 1.65. The maximum atomic E-state index is 5.71. The van der Waals surface area contributed by atoms with Crippen LogP contribution in [-0.2, 0) is 0 Å². The van der Waals surface area contributed by atoms with Gasteiger partial charge < -0.3 is 4.90 Å². The number of hydrogen-bond donors (Lipinski definition) is 0. The molecular weight excluding hydrogens is 169 g/mol. The Balaban J connectivity index is 0.000000810. The Bertz CT molecular complexity index is 79.7. The van der Waals surface area contributed by atoms with Crippen LogP contribution in [0.15, 0.2) is 0 Å². The fraction of sp³-hybridized carbons (Fsp3) is 1.00. The molecule has 0 atom stereocenters. The van der Waals surface area contributed by atoms with E-state index in [4.69, 9.17) is 11.6 Å². The summed E-state index contributed by atoms with van der Waals surface area (Å²) in [6, 6.07) is 0. The molecule has 3 heteroatoms. The molecule has 1 heterocycles. The Labute approximate surface area is 74.1 Å². The van der Waals surface area contributed by atoms with E-state index in [1.54, 1.807) is 0 Å². The maximum absolute atomic E-state index is 5.71. The van der Waals surface area contributed by atoms with Gasteiger partial charge in [0.25, 0.3) is 0 Å². The fourth-order valence-corrected chi connectivity index (χ4v) is 1.52. The molecule has 1 aliphatic rings. The van der Waals surface area contributed by atoms with E-state index in [9.17, 15) is 0 Å². The minimum Gasteiger partial charge on any atom is -0.306 e. The summed E-state index contributed by atoms with van der Waals surface area (Å²) in [6.07, 6.45) is 2.58. The first kappa shape index (κ1) is 10.5. The van der Waals surface area contributed by atoms with E-state index < -0.39 is 0 Å². The molecule has 1 aliphatic heterocycles. The number of halogens is 2. The van der Waals surface area contributed by atoms with Crippen molar-refractivity contribution in [2.75, 3.05) is 26.0 Å². The lowest BCUT2D eigenvalue weighted by Gasteiger charge is -2.27. The van der Waals surface area contributed by atoms with Gasteiger partial charge in [0, 0.05) is 5.88 Å². The molecular formula is C7H15Cl2N. The Hall–Kier alpha value is 0.540. The van der Waals surface area contributed by atoms with Crippen molar-refractivity contribution < 1.29 is 0 Å². The Morgan fingerprint density at radius 3 is 2.30 bits per heavy atom. The summed E-state index contributed by atoms with van der Waals surface area (Å²) < 4.78 is 0. The van der Waals surface area contributed by atoms with Crippen molar-refractivity contribution in [3.8, 4) is 0 Å². The topological polar surface area (TPSA) is 3.24 Å². The summed E-state index contributed by atoms with van der Waals surface area (Å²) in [7, 11) is 2.17. The van der Waals surface area contributed by atoms with Crippen molar-refractivity contribution in [2.45, 2.75) is 12.8 Å². The molecule has 0 bridgehead atoms.